The summed E-state index contributed by atoms with van der Waals surface area (Å²) in [7, 11) is 0. The van der Waals surface area contributed by atoms with Crippen LogP contribution >= 0.6 is 23.4 Å². The number of aromatic nitrogens is 3. The third-order valence-electron chi connectivity index (χ3n) is 4.91. The molecule has 7 heteroatoms. The van der Waals surface area contributed by atoms with E-state index in [1.807, 2.05) is 28.9 Å². The topological polar surface area (TPSA) is 43.2 Å². The van der Waals surface area contributed by atoms with Gasteiger partial charge in [0.2, 0.25) is 0 Å². The number of benzene rings is 2. The highest BCUT2D eigenvalue weighted by Crippen LogP contribution is 2.59. The van der Waals surface area contributed by atoms with Gasteiger partial charge in [0.25, 0.3) is 0 Å². The van der Waals surface area contributed by atoms with E-state index in [1.165, 1.54) is 12.1 Å². The fourth-order valence-corrected chi connectivity index (χ4v) is 4.58. The van der Waals surface area contributed by atoms with Crippen LogP contribution < -0.4 is 0 Å². The number of halogens is 2. The second kappa shape index (κ2) is 8.23. The van der Waals surface area contributed by atoms with Crippen LogP contribution in [-0.2, 0) is 16.9 Å². The molecule has 4 rings (SSSR count). The van der Waals surface area contributed by atoms with Crippen LogP contribution in [0.4, 0.5) is 4.39 Å². The summed E-state index contributed by atoms with van der Waals surface area (Å²) in [4.78, 5) is 4.40. The Hall–Kier alpha value is -1.89. The molecule has 2 heterocycles. The SMILES string of the molecule is CCCCSc1ncnn1C[C@@]1(c2ccc(F)cc2)O[C@H]1c1ccccc1Cl. The number of unbranched alkanes of at least 4 members (excludes halogenated alkanes) is 1. The van der Waals surface area contributed by atoms with Crippen LogP contribution in [-0.4, -0.2) is 20.5 Å². The van der Waals surface area contributed by atoms with Gasteiger partial charge in [-0.05, 0) is 30.2 Å². The third-order valence-corrected chi connectivity index (χ3v) is 6.32. The number of epoxide rings is 1. The molecule has 0 saturated carbocycles. The van der Waals surface area contributed by atoms with Crippen molar-refractivity contribution in [2.24, 2.45) is 0 Å². The number of hydrogen-bond acceptors (Lipinski definition) is 4. The van der Waals surface area contributed by atoms with E-state index in [4.69, 9.17) is 16.3 Å². The van der Waals surface area contributed by atoms with E-state index in [-0.39, 0.29) is 11.9 Å². The molecule has 0 amide bonds. The first-order valence-electron chi connectivity index (χ1n) is 9.33. The Morgan fingerprint density at radius 2 is 2.00 bits per heavy atom. The Labute approximate surface area is 173 Å². The standard InChI is InChI=1S/C21H21ClFN3OS/c1-2-3-12-28-20-24-14-25-26(20)13-21(15-8-10-16(23)11-9-15)19(27-21)17-6-4-5-7-18(17)22/h4-11,14,19H,2-3,12-13H2,1H3/t19-,21-/m0/s1. The summed E-state index contributed by atoms with van der Waals surface area (Å²) in [6.45, 7) is 2.66. The smallest absolute Gasteiger partial charge is 0.186 e. The average Bonchev–Trinajstić information content (AvgIpc) is 3.25. The quantitative estimate of drug-likeness (QED) is 0.270. The van der Waals surface area contributed by atoms with Gasteiger partial charge in [-0.25, -0.2) is 14.1 Å². The number of ether oxygens (including phenoxy) is 1. The van der Waals surface area contributed by atoms with E-state index >= 15 is 0 Å². The average molecular weight is 418 g/mol. The van der Waals surface area contributed by atoms with Crippen molar-refractivity contribution < 1.29 is 9.13 Å². The molecule has 1 aliphatic rings. The minimum atomic E-state index is -0.646. The molecule has 2 aromatic carbocycles. The molecule has 2 atom stereocenters. The van der Waals surface area contributed by atoms with Gasteiger partial charge in [-0.3, -0.25) is 0 Å². The Morgan fingerprint density at radius 1 is 1.21 bits per heavy atom. The Balaban J connectivity index is 1.66. The predicted molar refractivity (Wildman–Crippen MR) is 109 cm³/mol. The van der Waals surface area contributed by atoms with E-state index in [0.717, 1.165) is 34.9 Å². The summed E-state index contributed by atoms with van der Waals surface area (Å²) < 4.78 is 21.6. The lowest BCUT2D eigenvalue weighted by Gasteiger charge is -2.16. The van der Waals surface area contributed by atoms with Crippen molar-refractivity contribution in [3.63, 3.8) is 0 Å². The van der Waals surface area contributed by atoms with Gasteiger partial charge in [-0.2, -0.15) is 5.10 Å². The minimum Gasteiger partial charge on any atom is -0.354 e. The molecule has 3 aromatic rings. The van der Waals surface area contributed by atoms with Crippen molar-refractivity contribution in [3.05, 3.63) is 76.8 Å². The molecule has 0 radical (unpaired) electrons. The summed E-state index contributed by atoms with van der Waals surface area (Å²) in [6, 6.07) is 14.1. The van der Waals surface area contributed by atoms with Gasteiger partial charge in [0.05, 0.1) is 6.54 Å². The summed E-state index contributed by atoms with van der Waals surface area (Å²) in [5, 5.41) is 5.94. The van der Waals surface area contributed by atoms with Gasteiger partial charge >= 0.3 is 0 Å². The predicted octanol–water partition coefficient (Wildman–Crippen LogP) is 5.63. The normalized spacial score (nSPS) is 21.0. The molecule has 1 saturated heterocycles. The lowest BCUT2D eigenvalue weighted by molar-refractivity contribution is 0.256. The zero-order valence-electron chi connectivity index (χ0n) is 15.5. The number of hydrogen-bond donors (Lipinski definition) is 0. The molecule has 1 aromatic heterocycles. The van der Waals surface area contributed by atoms with E-state index < -0.39 is 5.60 Å². The molecule has 0 aliphatic carbocycles. The lowest BCUT2D eigenvalue weighted by Crippen LogP contribution is -2.20. The molecule has 1 fully saturated rings. The molecule has 0 unspecified atom stereocenters. The van der Waals surface area contributed by atoms with Crippen LogP contribution in [0.5, 0.6) is 0 Å². The van der Waals surface area contributed by atoms with Crippen molar-refractivity contribution in [1.29, 1.82) is 0 Å². The molecular formula is C21H21ClFN3OS. The Bertz CT molecular complexity index is 949. The van der Waals surface area contributed by atoms with Gasteiger partial charge in [-0.15, -0.1) is 0 Å². The van der Waals surface area contributed by atoms with Crippen LogP contribution in [0.15, 0.2) is 60.0 Å². The van der Waals surface area contributed by atoms with Crippen LogP contribution in [0.3, 0.4) is 0 Å². The number of nitrogens with zero attached hydrogens (tertiary/aromatic N) is 3. The van der Waals surface area contributed by atoms with Crippen LogP contribution in [0.25, 0.3) is 0 Å². The first-order chi connectivity index (χ1) is 13.6. The van der Waals surface area contributed by atoms with Gasteiger partial charge in [0.1, 0.15) is 23.8 Å². The molecule has 0 spiro atoms. The molecule has 28 heavy (non-hydrogen) atoms. The third kappa shape index (κ3) is 3.81. The van der Waals surface area contributed by atoms with E-state index in [2.05, 4.69) is 17.0 Å². The summed E-state index contributed by atoms with van der Waals surface area (Å²) in [6.07, 6.45) is 3.61. The highest BCUT2D eigenvalue weighted by Gasteiger charge is 2.59. The fourth-order valence-electron chi connectivity index (χ4n) is 3.35. The van der Waals surface area contributed by atoms with Crippen molar-refractivity contribution in [2.45, 2.75) is 43.2 Å². The highest BCUT2D eigenvalue weighted by molar-refractivity contribution is 7.99. The maximum atomic E-state index is 13.5. The summed E-state index contributed by atoms with van der Waals surface area (Å²) in [5.41, 5.74) is 1.18. The molecule has 0 N–H and O–H groups in total. The van der Waals surface area contributed by atoms with E-state index in [0.29, 0.717) is 11.6 Å². The molecular weight excluding hydrogens is 397 g/mol. The monoisotopic (exact) mass is 417 g/mol. The second-order valence-corrected chi connectivity index (χ2v) is 8.29. The van der Waals surface area contributed by atoms with Crippen molar-refractivity contribution >= 4 is 23.4 Å². The zero-order valence-corrected chi connectivity index (χ0v) is 17.1. The minimum absolute atomic E-state index is 0.218. The fraction of sp³-hybridized carbons (Fsp3) is 0.333. The number of thioether (sulfide) groups is 1. The van der Waals surface area contributed by atoms with Crippen LogP contribution in [0.2, 0.25) is 5.02 Å². The van der Waals surface area contributed by atoms with Crippen molar-refractivity contribution in [2.75, 3.05) is 5.75 Å². The number of rotatable bonds is 8. The molecule has 4 nitrogen and oxygen atoms in total. The molecule has 1 aliphatic heterocycles. The van der Waals surface area contributed by atoms with Gasteiger partial charge < -0.3 is 4.74 Å². The second-order valence-electron chi connectivity index (χ2n) is 6.82. The van der Waals surface area contributed by atoms with Crippen molar-refractivity contribution in [1.82, 2.24) is 14.8 Å². The maximum Gasteiger partial charge on any atom is 0.186 e. The molecule has 146 valence electrons. The molecule has 0 bridgehead atoms. The van der Waals surface area contributed by atoms with Crippen molar-refractivity contribution in [3.8, 4) is 0 Å². The van der Waals surface area contributed by atoms with Crippen LogP contribution in [0, 0.1) is 5.82 Å². The zero-order chi connectivity index (χ0) is 19.6. The largest absolute Gasteiger partial charge is 0.354 e. The maximum absolute atomic E-state index is 13.5. The van der Waals surface area contributed by atoms with E-state index in [9.17, 15) is 4.39 Å². The van der Waals surface area contributed by atoms with E-state index in [1.54, 1.807) is 30.2 Å². The summed E-state index contributed by atoms with van der Waals surface area (Å²) in [5.74, 6) is 0.721. The van der Waals surface area contributed by atoms with Crippen LogP contribution in [0.1, 0.15) is 37.0 Å². The van der Waals surface area contributed by atoms with Gasteiger partial charge in [0.15, 0.2) is 5.16 Å². The lowest BCUT2D eigenvalue weighted by atomic mass is 9.91. The van der Waals surface area contributed by atoms with Gasteiger partial charge in [0, 0.05) is 16.3 Å². The Morgan fingerprint density at radius 3 is 2.75 bits per heavy atom. The highest BCUT2D eigenvalue weighted by atomic mass is 35.5. The first kappa shape index (κ1) is 19.4. The Kier molecular flexibility index (Phi) is 5.71. The first-order valence-corrected chi connectivity index (χ1v) is 10.7. The van der Waals surface area contributed by atoms with Gasteiger partial charge in [-0.1, -0.05) is 67.0 Å². The summed E-state index contributed by atoms with van der Waals surface area (Å²) >= 11 is 8.11.